The van der Waals surface area contributed by atoms with Gasteiger partial charge in [-0.05, 0) is 30.7 Å². The number of ether oxygens (including phenoxy) is 1. The van der Waals surface area contributed by atoms with E-state index in [4.69, 9.17) is 27.9 Å². The summed E-state index contributed by atoms with van der Waals surface area (Å²) in [5.41, 5.74) is 2.49. The van der Waals surface area contributed by atoms with Crippen molar-refractivity contribution >= 4 is 34.8 Å². The second-order valence-electron chi connectivity index (χ2n) is 4.82. The maximum absolute atomic E-state index is 12.3. The summed E-state index contributed by atoms with van der Waals surface area (Å²) < 4.78 is 7.03. The van der Waals surface area contributed by atoms with E-state index in [1.807, 2.05) is 12.1 Å². The highest BCUT2D eigenvalue weighted by atomic mass is 35.5. The van der Waals surface area contributed by atoms with Gasteiger partial charge < -0.3 is 4.74 Å². The molecule has 0 N–H and O–H groups in total. The molecule has 1 aromatic carbocycles. The number of carbonyl (C=O) groups is 1. The van der Waals surface area contributed by atoms with Crippen LogP contribution in [0.3, 0.4) is 0 Å². The molecule has 2 heterocycles. The molecule has 6 heteroatoms. The number of pyridine rings is 1. The fourth-order valence-corrected chi connectivity index (χ4v) is 2.46. The molecule has 0 aliphatic rings. The van der Waals surface area contributed by atoms with E-state index in [0.717, 1.165) is 5.56 Å². The first-order valence-corrected chi connectivity index (χ1v) is 7.36. The summed E-state index contributed by atoms with van der Waals surface area (Å²) in [6.07, 6.45) is 1.70. The van der Waals surface area contributed by atoms with Gasteiger partial charge in [-0.2, -0.15) is 0 Å². The number of halogens is 2. The third-order valence-electron chi connectivity index (χ3n) is 3.24. The molecule has 0 atom stereocenters. The van der Waals surface area contributed by atoms with Crippen molar-refractivity contribution < 1.29 is 9.53 Å². The highest BCUT2D eigenvalue weighted by Gasteiger charge is 2.18. The Morgan fingerprint density at radius 2 is 1.91 bits per heavy atom. The summed E-state index contributed by atoms with van der Waals surface area (Å²) in [5.74, 6) is -0.428. The molecule has 0 radical (unpaired) electrons. The van der Waals surface area contributed by atoms with Gasteiger partial charge in [0.1, 0.15) is 12.3 Å². The van der Waals surface area contributed by atoms with Crippen molar-refractivity contribution in [3.05, 3.63) is 69.6 Å². The van der Waals surface area contributed by atoms with Crippen LogP contribution in [0, 0.1) is 6.92 Å². The summed E-state index contributed by atoms with van der Waals surface area (Å²) in [7, 11) is 0. The number of benzene rings is 1. The van der Waals surface area contributed by atoms with Gasteiger partial charge in [0.15, 0.2) is 5.69 Å². The van der Waals surface area contributed by atoms with Gasteiger partial charge in [-0.25, -0.2) is 9.78 Å². The van der Waals surface area contributed by atoms with E-state index in [9.17, 15) is 4.79 Å². The summed E-state index contributed by atoms with van der Waals surface area (Å²) in [6.45, 7) is 1.94. The van der Waals surface area contributed by atoms with Gasteiger partial charge in [0.25, 0.3) is 0 Å². The summed E-state index contributed by atoms with van der Waals surface area (Å²) in [6, 6.07) is 10.5. The molecule has 0 fully saturated rings. The predicted octanol–water partition coefficient (Wildman–Crippen LogP) is 4.31. The lowest BCUT2D eigenvalue weighted by Gasteiger charge is -2.06. The number of imidazole rings is 1. The van der Waals surface area contributed by atoms with Crippen LogP contribution in [0.15, 0.2) is 42.6 Å². The Hall–Kier alpha value is -2.04. The van der Waals surface area contributed by atoms with Crippen LogP contribution < -0.4 is 0 Å². The number of hydrogen-bond acceptors (Lipinski definition) is 3. The Kier molecular flexibility index (Phi) is 4.05. The molecule has 0 aliphatic carbocycles. The molecule has 0 bridgehead atoms. The van der Waals surface area contributed by atoms with Gasteiger partial charge in [0.05, 0.1) is 5.69 Å². The standard InChI is InChI=1S/C16H12Cl2N2O2/c1-10-15(20-7-6-13(18)8-14(20)19-10)16(21)22-9-11-2-4-12(17)5-3-11/h2-8H,9H2,1H3. The van der Waals surface area contributed by atoms with E-state index in [1.54, 1.807) is 41.8 Å². The number of aromatic nitrogens is 2. The number of nitrogens with zero attached hydrogens (tertiary/aromatic N) is 2. The second kappa shape index (κ2) is 5.99. The Labute approximate surface area is 137 Å². The fourth-order valence-electron chi connectivity index (χ4n) is 2.18. The molecular formula is C16H12Cl2N2O2. The molecule has 0 unspecified atom stereocenters. The van der Waals surface area contributed by atoms with Crippen LogP contribution in [-0.2, 0) is 11.3 Å². The average Bonchev–Trinajstić information content (AvgIpc) is 2.81. The monoisotopic (exact) mass is 334 g/mol. The zero-order valence-corrected chi connectivity index (χ0v) is 13.2. The molecule has 4 nitrogen and oxygen atoms in total. The van der Waals surface area contributed by atoms with Crippen LogP contribution in [0.2, 0.25) is 10.0 Å². The number of carbonyl (C=O) groups excluding carboxylic acids is 1. The summed E-state index contributed by atoms with van der Waals surface area (Å²) >= 11 is 11.8. The first-order valence-electron chi connectivity index (χ1n) is 6.60. The number of rotatable bonds is 3. The lowest BCUT2D eigenvalue weighted by Crippen LogP contribution is -2.09. The largest absolute Gasteiger partial charge is 0.456 e. The molecule has 2 aromatic heterocycles. The van der Waals surface area contributed by atoms with Crippen LogP contribution in [0.4, 0.5) is 0 Å². The average molecular weight is 335 g/mol. The van der Waals surface area contributed by atoms with Crippen molar-refractivity contribution in [1.29, 1.82) is 0 Å². The molecule has 3 rings (SSSR count). The number of aryl methyl sites for hydroxylation is 1. The van der Waals surface area contributed by atoms with Crippen LogP contribution >= 0.6 is 23.2 Å². The molecular weight excluding hydrogens is 323 g/mol. The van der Waals surface area contributed by atoms with E-state index >= 15 is 0 Å². The van der Waals surface area contributed by atoms with Crippen molar-refractivity contribution in [2.24, 2.45) is 0 Å². The number of hydrogen-bond donors (Lipinski definition) is 0. The van der Waals surface area contributed by atoms with E-state index < -0.39 is 5.97 Å². The van der Waals surface area contributed by atoms with E-state index in [1.165, 1.54) is 0 Å². The van der Waals surface area contributed by atoms with Gasteiger partial charge in [0.2, 0.25) is 0 Å². The smallest absolute Gasteiger partial charge is 0.357 e. The molecule has 0 saturated carbocycles. The highest BCUT2D eigenvalue weighted by molar-refractivity contribution is 6.31. The molecule has 22 heavy (non-hydrogen) atoms. The second-order valence-corrected chi connectivity index (χ2v) is 5.69. The van der Waals surface area contributed by atoms with Crippen LogP contribution in [0.25, 0.3) is 5.65 Å². The Morgan fingerprint density at radius 3 is 2.64 bits per heavy atom. The molecule has 112 valence electrons. The van der Waals surface area contributed by atoms with Crippen LogP contribution in [0.5, 0.6) is 0 Å². The SMILES string of the molecule is Cc1nc2cc(Cl)ccn2c1C(=O)OCc1ccc(Cl)cc1. The summed E-state index contributed by atoms with van der Waals surface area (Å²) in [4.78, 5) is 16.6. The van der Waals surface area contributed by atoms with Gasteiger partial charge in [0, 0.05) is 22.3 Å². The first kappa shape index (κ1) is 14.9. The molecule has 0 saturated heterocycles. The van der Waals surface area contributed by atoms with Crippen LogP contribution in [0.1, 0.15) is 21.7 Å². The topological polar surface area (TPSA) is 43.6 Å². The lowest BCUT2D eigenvalue weighted by atomic mass is 10.2. The third kappa shape index (κ3) is 2.93. The molecule has 0 spiro atoms. The maximum atomic E-state index is 12.3. The van der Waals surface area contributed by atoms with Gasteiger partial charge in [-0.15, -0.1) is 0 Å². The molecule has 0 amide bonds. The minimum Gasteiger partial charge on any atom is -0.456 e. The van der Waals surface area contributed by atoms with Gasteiger partial charge >= 0.3 is 5.97 Å². The first-order chi connectivity index (χ1) is 10.5. The predicted molar refractivity (Wildman–Crippen MR) is 85.5 cm³/mol. The normalized spacial score (nSPS) is 10.9. The Bertz CT molecular complexity index is 841. The van der Waals surface area contributed by atoms with Crippen molar-refractivity contribution in [3.63, 3.8) is 0 Å². The number of fused-ring (bicyclic) bond motifs is 1. The van der Waals surface area contributed by atoms with Gasteiger partial charge in [-0.1, -0.05) is 35.3 Å². The number of esters is 1. The zero-order chi connectivity index (χ0) is 15.7. The molecule has 0 aliphatic heterocycles. The van der Waals surface area contributed by atoms with Crippen molar-refractivity contribution in [3.8, 4) is 0 Å². The zero-order valence-electron chi connectivity index (χ0n) is 11.7. The van der Waals surface area contributed by atoms with Gasteiger partial charge in [-0.3, -0.25) is 4.40 Å². The summed E-state index contributed by atoms with van der Waals surface area (Å²) in [5, 5.41) is 1.21. The Morgan fingerprint density at radius 1 is 1.18 bits per heavy atom. The van der Waals surface area contributed by atoms with Crippen molar-refractivity contribution in [2.45, 2.75) is 13.5 Å². The van der Waals surface area contributed by atoms with Crippen molar-refractivity contribution in [1.82, 2.24) is 9.38 Å². The third-order valence-corrected chi connectivity index (χ3v) is 3.73. The van der Waals surface area contributed by atoms with E-state index in [-0.39, 0.29) is 6.61 Å². The highest BCUT2D eigenvalue weighted by Crippen LogP contribution is 2.18. The minimum absolute atomic E-state index is 0.177. The molecule has 3 aromatic rings. The lowest BCUT2D eigenvalue weighted by molar-refractivity contribution is 0.0463. The minimum atomic E-state index is -0.428. The quantitative estimate of drug-likeness (QED) is 0.670. The fraction of sp³-hybridized carbons (Fsp3) is 0.125. The van der Waals surface area contributed by atoms with E-state index in [2.05, 4.69) is 4.98 Å². The van der Waals surface area contributed by atoms with Crippen LogP contribution in [-0.4, -0.2) is 15.4 Å². The Balaban J connectivity index is 1.83. The van der Waals surface area contributed by atoms with Crippen molar-refractivity contribution in [2.75, 3.05) is 0 Å². The van der Waals surface area contributed by atoms with E-state index in [0.29, 0.717) is 27.1 Å². The maximum Gasteiger partial charge on any atom is 0.357 e.